The number of carboxylic acids is 1. The van der Waals surface area contributed by atoms with E-state index in [0.29, 0.717) is 11.5 Å². The molecule has 1 fully saturated rings. The number of ether oxygens (including phenoxy) is 1. The number of rotatable bonds is 5. The molecule has 1 N–H and O–H groups in total. The summed E-state index contributed by atoms with van der Waals surface area (Å²) in [5.41, 5.74) is 0. The number of hydrogen-bond acceptors (Lipinski definition) is 5. The van der Waals surface area contributed by atoms with Gasteiger partial charge in [0.25, 0.3) is 0 Å². The predicted octanol–water partition coefficient (Wildman–Crippen LogP) is 2.72. The third-order valence-electron chi connectivity index (χ3n) is 5.03. The van der Waals surface area contributed by atoms with Crippen LogP contribution in [0.1, 0.15) is 19.8 Å². The number of amides is 1. The van der Waals surface area contributed by atoms with Crippen LogP contribution in [-0.2, 0) is 19.4 Å². The molecular formula is C20H21NO6S. The van der Waals surface area contributed by atoms with Crippen molar-refractivity contribution in [3.63, 3.8) is 0 Å². The van der Waals surface area contributed by atoms with Gasteiger partial charge in [0.1, 0.15) is 11.5 Å². The first kappa shape index (κ1) is 19.9. The summed E-state index contributed by atoms with van der Waals surface area (Å²) < 4.78 is 30.0. The second kappa shape index (κ2) is 7.63. The topological polar surface area (TPSA) is 101 Å². The largest absolute Gasteiger partial charge is 0.480 e. The van der Waals surface area contributed by atoms with Crippen molar-refractivity contribution in [2.75, 3.05) is 13.1 Å². The molecule has 1 aliphatic rings. The van der Waals surface area contributed by atoms with Gasteiger partial charge in [-0.05, 0) is 49.2 Å². The lowest BCUT2D eigenvalue weighted by molar-refractivity contribution is -0.143. The lowest BCUT2D eigenvalue weighted by atomic mass is 9.96. The van der Waals surface area contributed by atoms with Crippen LogP contribution in [0.5, 0.6) is 11.5 Å². The van der Waals surface area contributed by atoms with E-state index in [1.807, 2.05) is 18.2 Å². The molecule has 0 spiro atoms. The van der Waals surface area contributed by atoms with E-state index in [-0.39, 0.29) is 36.7 Å². The first-order chi connectivity index (χ1) is 13.3. The van der Waals surface area contributed by atoms with E-state index in [1.54, 1.807) is 12.1 Å². The zero-order valence-corrected chi connectivity index (χ0v) is 16.2. The smallest absolute Gasteiger partial charge is 0.325 e. The van der Waals surface area contributed by atoms with Crippen LogP contribution < -0.4 is 4.74 Å². The van der Waals surface area contributed by atoms with E-state index in [0.717, 1.165) is 0 Å². The number of para-hydroxylation sites is 1. The minimum Gasteiger partial charge on any atom is -0.480 e. The van der Waals surface area contributed by atoms with Crippen LogP contribution >= 0.6 is 0 Å². The number of sulfone groups is 1. The number of carbonyl (C=O) groups excluding carboxylic acids is 1. The van der Waals surface area contributed by atoms with Crippen LogP contribution in [0, 0.1) is 0 Å². The van der Waals surface area contributed by atoms with E-state index in [4.69, 9.17) is 4.74 Å². The molecule has 0 bridgehead atoms. The van der Waals surface area contributed by atoms with Gasteiger partial charge in [-0.3, -0.25) is 9.59 Å². The molecule has 1 saturated heterocycles. The van der Waals surface area contributed by atoms with Gasteiger partial charge in [-0.1, -0.05) is 18.2 Å². The van der Waals surface area contributed by atoms with Gasteiger partial charge in [-0.25, -0.2) is 8.42 Å². The molecule has 148 valence electrons. The van der Waals surface area contributed by atoms with Gasteiger partial charge in [-0.15, -0.1) is 0 Å². The number of carboxylic acid groups (broad SMARTS) is 1. The number of nitrogens with zero attached hydrogens (tertiary/aromatic N) is 1. The summed E-state index contributed by atoms with van der Waals surface area (Å²) in [5, 5.41) is 9.75. The zero-order valence-electron chi connectivity index (χ0n) is 15.4. The molecule has 1 heterocycles. The summed E-state index contributed by atoms with van der Waals surface area (Å²) in [5.74, 6) is -0.531. The maximum atomic E-state index is 13.2. The van der Waals surface area contributed by atoms with Crippen LogP contribution in [0.4, 0.5) is 0 Å². The second-order valence-corrected chi connectivity index (χ2v) is 8.96. The number of likely N-dealkylation sites (tertiary alicyclic amines) is 1. The van der Waals surface area contributed by atoms with Crippen molar-refractivity contribution in [3.8, 4) is 11.5 Å². The van der Waals surface area contributed by atoms with Crippen molar-refractivity contribution in [3.05, 3.63) is 54.6 Å². The van der Waals surface area contributed by atoms with Gasteiger partial charge in [0.2, 0.25) is 5.91 Å². The maximum Gasteiger partial charge on any atom is 0.325 e. The molecule has 2 aromatic rings. The molecule has 7 nitrogen and oxygen atoms in total. The Hall–Kier alpha value is -2.87. The number of piperidine rings is 1. The molecule has 2 aromatic carbocycles. The lowest BCUT2D eigenvalue weighted by Crippen LogP contribution is -2.55. The Morgan fingerprint density at radius 3 is 2.00 bits per heavy atom. The first-order valence-electron chi connectivity index (χ1n) is 8.83. The average Bonchev–Trinajstić information content (AvgIpc) is 2.69. The minimum absolute atomic E-state index is 0.0772. The summed E-state index contributed by atoms with van der Waals surface area (Å²) in [6.07, 6.45) is -0.293. The third-order valence-corrected chi connectivity index (χ3v) is 7.54. The predicted molar refractivity (Wildman–Crippen MR) is 102 cm³/mol. The van der Waals surface area contributed by atoms with E-state index >= 15 is 0 Å². The lowest BCUT2D eigenvalue weighted by Gasteiger charge is -2.37. The third kappa shape index (κ3) is 3.60. The number of carbonyl (C=O) groups is 2. The first-order valence-corrected chi connectivity index (χ1v) is 10.3. The molecule has 0 unspecified atom stereocenters. The Morgan fingerprint density at radius 2 is 1.50 bits per heavy atom. The number of hydrogen-bond donors (Lipinski definition) is 1. The Kier molecular flexibility index (Phi) is 5.42. The molecule has 3 rings (SSSR count). The normalized spacial score (nSPS) is 16.4. The van der Waals surface area contributed by atoms with Crippen LogP contribution in [0.25, 0.3) is 0 Å². The molecule has 0 radical (unpaired) electrons. The van der Waals surface area contributed by atoms with Gasteiger partial charge in [0, 0.05) is 20.0 Å². The van der Waals surface area contributed by atoms with Crippen LogP contribution in [-0.4, -0.2) is 48.1 Å². The minimum atomic E-state index is -4.15. The highest BCUT2D eigenvalue weighted by atomic mass is 32.2. The molecule has 28 heavy (non-hydrogen) atoms. The van der Waals surface area contributed by atoms with Crippen LogP contribution in [0.15, 0.2) is 59.5 Å². The van der Waals surface area contributed by atoms with E-state index in [2.05, 4.69) is 0 Å². The molecule has 0 aliphatic carbocycles. The summed E-state index contributed by atoms with van der Waals surface area (Å²) in [4.78, 5) is 24.9. The zero-order chi connectivity index (χ0) is 20.4. The average molecular weight is 403 g/mol. The van der Waals surface area contributed by atoms with Gasteiger partial charge in [0.05, 0.1) is 4.90 Å². The number of benzene rings is 2. The van der Waals surface area contributed by atoms with E-state index in [9.17, 15) is 23.1 Å². The van der Waals surface area contributed by atoms with Gasteiger partial charge >= 0.3 is 5.97 Å². The van der Waals surface area contributed by atoms with Crippen LogP contribution in [0.3, 0.4) is 0 Å². The molecule has 1 aliphatic heterocycles. The molecular weight excluding hydrogens is 382 g/mol. The fourth-order valence-electron chi connectivity index (χ4n) is 3.32. The highest BCUT2D eigenvalue weighted by Gasteiger charge is 2.53. The standard InChI is InChI=1S/C20H21NO6S/c1-15(22)21-13-11-20(12-14-21,19(23)24)28(25,26)18-9-7-17(8-10-18)27-16-5-3-2-4-6-16/h2-10H,11-14H2,1H3,(H,23,24). The van der Waals surface area contributed by atoms with Crippen LogP contribution in [0.2, 0.25) is 0 Å². The Balaban J connectivity index is 1.86. The molecule has 0 atom stereocenters. The monoisotopic (exact) mass is 403 g/mol. The van der Waals surface area contributed by atoms with Gasteiger partial charge in [-0.2, -0.15) is 0 Å². The molecule has 0 saturated carbocycles. The fraction of sp³-hybridized carbons (Fsp3) is 0.300. The van der Waals surface area contributed by atoms with Gasteiger partial charge < -0.3 is 14.7 Å². The summed E-state index contributed by atoms with van der Waals surface area (Å²) in [6.45, 7) is 1.57. The summed E-state index contributed by atoms with van der Waals surface area (Å²) >= 11 is 0. The van der Waals surface area contributed by atoms with Crippen molar-refractivity contribution >= 4 is 21.7 Å². The Morgan fingerprint density at radius 1 is 0.964 bits per heavy atom. The summed E-state index contributed by atoms with van der Waals surface area (Å²) in [6, 6.07) is 14.7. The molecule has 1 amide bonds. The quantitative estimate of drug-likeness (QED) is 0.824. The van der Waals surface area contributed by atoms with Crippen molar-refractivity contribution in [2.24, 2.45) is 0 Å². The fourth-order valence-corrected chi connectivity index (χ4v) is 5.21. The van der Waals surface area contributed by atoms with Crippen molar-refractivity contribution in [2.45, 2.75) is 29.4 Å². The van der Waals surface area contributed by atoms with Crippen molar-refractivity contribution in [1.82, 2.24) is 4.90 Å². The van der Waals surface area contributed by atoms with Crippen molar-refractivity contribution in [1.29, 1.82) is 0 Å². The Labute approximate surface area is 163 Å². The second-order valence-electron chi connectivity index (χ2n) is 6.70. The molecule has 8 heteroatoms. The highest BCUT2D eigenvalue weighted by Crippen LogP contribution is 2.36. The van der Waals surface area contributed by atoms with E-state index < -0.39 is 20.6 Å². The summed E-state index contributed by atoms with van der Waals surface area (Å²) in [7, 11) is -4.15. The molecule has 0 aromatic heterocycles. The van der Waals surface area contributed by atoms with Gasteiger partial charge in [0.15, 0.2) is 14.6 Å². The SMILES string of the molecule is CC(=O)N1CCC(C(=O)O)(S(=O)(=O)c2ccc(Oc3ccccc3)cc2)CC1. The van der Waals surface area contributed by atoms with Crippen molar-refractivity contribution < 1.29 is 27.9 Å². The Bertz CT molecular complexity index is 962. The number of aliphatic carboxylic acids is 1. The maximum absolute atomic E-state index is 13.2. The van der Waals surface area contributed by atoms with E-state index in [1.165, 1.54) is 36.1 Å². The highest BCUT2D eigenvalue weighted by molar-refractivity contribution is 7.93.